The van der Waals surface area contributed by atoms with Gasteiger partial charge in [-0.2, -0.15) is 0 Å². The molecule has 0 aliphatic rings. The highest BCUT2D eigenvalue weighted by molar-refractivity contribution is 5.97. The first-order chi connectivity index (χ1) is 8.01. The highest BCUT2D eigenvalue weighted by Gasteiger charge is 2.19. The molecular weight excluding hydrogens is 224 g/mol. The molecule has 0 aromatic heterocycles. The third-order valence-electron chi connectivity index (χ3n) is 2.45. The van der Waals surface area contributed by atoms with E-state index < -0.39 is 4.92 Å². The van der Waals surface area contributed by atoms with E-state index in [-0.39, 0.29) is 17.2 Å². The van der Waals surface area contributed by atoms with Crippen LogP contribution in [-0.4, -0.2) is 36.4 Å². The first-order valence-electron chi connectivity index (χ1n) is 5.09. The second-order valence-electron chi connectivity index (χ2n) is 3.46. The van der Waals surface area contributed by atoms with Crippen molar-refractivity contribution < 1.29 is 14.5 Å². The van der Waals surface area contributed by atoms with E-state index in [4.69, 9.17) is 4.74 Å². The Labute approximate surface area is 98.9 Å². The number of rotatable bonds is 4. The molecule has 6 nitrogen and oxygen atoms in total. The molecule has 0 fully saturated rings. The summed E-state index contributed by atoms with van der Waals surface area (Å²) < 4.78 is 5.03. The predicted molar refractivity (Wildman–Crippen MR) is 62.3 cm³/mol. The second-order valence-corrected chi connectivity index (χ2v) is 3.46. The lowest BCUT2D eigenvalue weighted by atomic mass is 10.1. The van der Waals surface area contributed by atoms with Gasteiger partial charge in [0.25, 0.3) is 11.6 Å². The fourth-order valence-electron chi connectivity index (χ4n) is 1.33. The minimum absolute atomic E-state index is 0.126. The van der Waals surface area contributed by atoms with Gasteiger partial charge < -0.3 is 9.64 Å². The van der Waals surface area contributed by atoms with Gasteiger partial charge in [0.1, 0.15) is 5.75 Å². The lowest BCUT2D eigenvalue weighted by Crippen LogP contribution is -2.26. The maximum Gasteiger partial charge on any atom is 0.270 e. The summed E-state index contributed by atoms with van der Waals surface area (Å²) in [7, 11) is 3.05. The van der Waals surface area contributed by atoms with Gasteiger partial charge >= 0.3 is 0 Å². The summed E-state index contributed by atoms with van der Waals surface area (Å²) in [6.45, 7) is 2.34. The summed E-state index contributed by atoms with van der Waals surface area (Å²) in [4.78, 5) is 23.5. The van der Waals surface area contributed by atoms with E-state index >= 15 is 0 Å². The van der Waals surface area contributed by atoms with E-state index in [1.165, 1.54) is 30.2 Å². The smallest absolute Gasteiger partial charge is 0.270 e. The van der Waals surface area contributed by atoms with Crippen molar-refractivity contribution >= 4 is 11.6 Å². The van der Waals surface area contributed by atoms with Crippen LogP contribution >= 0.6 is 0 Å². The quantitative estimate of drug-likeness (QED) is 0.591. The molecule has 17 heavy (non-hydrogen) atoms. The number of nitrogens with zero attached hydrogens (tertiary/aromatic N) is 2. The molecule has 0 saturated heterocycles. The average Bonchev–Trinajstić information content (AvgIpc) is 2.35. The van der Waals surface area contributed by atoms with Crippen molar-refractivity contribution in [3.8, 4) is 5.75 Å². The van der Waals surface area contributed by atoms with Crippen LogP contribution in [-0.2, 0) is 0 Å². The summed E-state index contributed by atoms with van der Waals surface area (Å²) in [5, 5.41) is 10.7. The van der Waals surface area contributed by atoms with Crippen molar-refractivity contribution in [1.29, 1.82) is 0 Å². The van der Waals surface area contributed by atoms with Gasteiger partial charge in [-0.25, -0.2) is 0 Å². The Morgan fingerprint density at radius 2 is 2.18 bits per heavy atom. The Morgan fingerprint density at radius 1 is 1.53 bits per heavy atom. The molecule has 0 aliphatic carbocycles. The summed E-state index contributed by atoms with van der Waals surface area (Å²) in [5.74, 6) is 0.0361. The zero-order valence-electron chi connectivity index (χ0n) is 9.97. The first kappa shape index (κ1) is 13.0. The van der Waals surface area contributed by atoms with Crippen molar-refractivity contribution in [3.05, 3.63) is 33.9 Å². The molecule has 1 rings (SSSR count). The molecule has 0 bridgehead atoms. The molecule has 0 radical (unpaired) electrons. The zero-order chi connectivity index (χ0) is 13.0. The van der Waals surface area contributed by atoms with Crippen molar-refractivity contribution in [2.24, 2.45) is 0 Å². The predicted octanol–water partition coefficient (Wildman–Crippen LogP) is 1.70. The van der Waals surface area contributed by atoms with Gasteiger partial charge in [-0.3, -0.25) is 14.9 Å². The maximum absolute atomic E-state index is 12.0. The second kappa shape index (κ2) is 5.29. The lowest BCUT2D eigenvalue weighted by molar-refractivity contribution is -0.384. The SMILES string of the molecule is CCN(C)C(=O)c1cc([N+](=O)[O-])ccc1OC. The van der Waals surface area contributed by atoms with Crippen LogP contribution in [0.25, 0.3) is 0 Å². The van der Waals surface area contributed by atoms with Gasteiger partial charge in [-0.15, -0.1) is 0 Å². The molecule has 0 atom stereocenters. The fourth-order valence-corrected chi connectivity index (χ4v) is 1.33. The molecule has 1 aromatic rings. The van der Waals surface area contributed by atoms with Crippen molar-refractivity contribution in [2.75, 3.05) is 20.7 Å². The molecule has 1 aromatic carbocycles. The lowest BCUT2D eigenvalue weighted by Gasteiger charge is -2.16. The van der Waals surface area contributed by atoms with Gasteiger partial charge in [-0.05, 0) is 13.0 Å². The van der Waals surface area contributed by atoms with Crippen LogP contribution in [0.4, 0.5) is 5.69 Å². The fraction of sp³-hybridized carbons (Fsp3) is 0.364. The standard InChI is InChI=1S/C11H14N2O4/c1-4-12(2)11(14)9-7-8(13(15)16)5-6-10(9)17-3/h5-7H,4H2,1-3H3. The number of nitro groups is 1. The van der Waals surface area contributed by atoms with Crippen LogP contribution in [0.3, 0.4) is 0 Å². The summed E-state index contributed by atoms with van der Waals surface area (Å²) in [6.07, 6.45) is 0. The summed E-state index contributed by atoms with van der Waals surface area (Å²) >= 11 is 0. The molecule has 0 heterocycles. The highest BCUT2D eigenvalue weighted by Crippen LogP contribution is 2.24. The van der Waals surface area contributed by atoms with Crippen molar-refractivity contribution in [1.82, 2.24) is 4.90 Å². The topological polar surface area (TPSA) is 72.7 Å². The minimum Gasteiger partial charge on any atom is -0.496 e. The Hall–Kier alpha value is -2.11. The number of ether oxygens (including phenoxy) is 1. The van der Waals surface area contributed by atoms with Gasteiger partial charge in [0, 0.05) is 25.7 Å². The van der Waals surface area contributed by atoms with E-state index in [9.17, 15) is 14.9 Å². The third kappa shape index (κ3) is 2.72. The number of methoxy groups -OCH3 is 1. The monoisotopic (exact) mass is 238 g/mol. The molecule has 1 amide bonds. The molecule has 92 valence electrons. The number of hydrogen-bond donors (Lipinski definition) is 0. The number of non-ortho nitro benzene ring substituents is 1. The number of carbonyl (C=O) groups is 1. The van der Waals surface area contributed by atoms with Crippen LogP contribution in [0.15, 0.2) is 18.2 Å². The van der Waals surface area contributed by atoms with Gasteiger partial charge in [-0.1, -0.05) is 0 Å². The number of nitro benzene ring substituents is 1. The molecule has 6 heteroatoms. The van der Waals surface area contributed by atoms with Crippen LogP contribution in [0.2, 0.25) is 0 Å². The minimum atomic E-state index is -0.540. The van der Waals surface area contributed by atoms with E-state index in [0.29, 0.717) is 12.3 Å². The van der Waals surface area contributed by atoms with E-state index in [0.717, 1.165) is 0 Å². The number of hydrogen-bond acceptors (Lipinski definition) is 4. The first-order valence-corrected chi connectivity index (χ1v) is 5.09. The number of amides is 1. The Kier molecular flexibility index (Phi) is 4.03. The summed E-state index contributed by atoms with van der Waals surface area (Å²) in [6, 6.07) is 3.96. The van der Waals surface area contributed by atoms with E-state index in [1.54, 1.807) is 7.05 Å². The Morgan fingerprint density at radius 3 is 2.65 bits per heavy atom. The van der Waals surface area contributed by atoms with Crippen LogP contribution in [0.5, 0.6) is 5.75 Å². The average molecular weight is 238 g/mol. The third-order valence-corrected chi connectivity index (χ3v) is 2.45. The largest absolute Gasteiger partial charge is 0.496 e. The Balaban J connectivity index is 3.23. The van der Waals surface area contributed by atoms with Crippen LogP contribution < -0.4 is 4.74 Å². The van der Waals surface area contributed by atoms with E-state index in [2.05, 4.69) is 0 Å². The van der Waals surface area contributed by atoms with Crippen molar-refractivity contribution in [3.63, 3.8) is 0 Å². The van der Waals surface area contributed by atoms with Gasteiger partial charge in [0.2, 0.25) is 0 Å². The zero-order valence-corrected chi connectivity index (χ0v) is 9.97. The molecule has 0 unspecified atom stereocenters. The molecule has 0 aliphatic heterocycles. The molecule has 0 saturated carbocycles. The van der Waals surface area contributed by atoms with Crippen molar-refractivity contribution in [2.45, 2.75) is 6.92 Å². The van der Waals surface area contributed by atoms with Gasteiger partial charge in [0.15, 0.2) is 0 Å². The number of benzene rings is 1. The Bertz CT molecular complexity index is 445. The summed E-state index contributed by atoms with van der Waals surface area (Å²) in [5.41, 5.74) is 0.0738. The molecular formula is C11H14N2O4. The van der Waals surface area contributed by atoms with Crippen LogP contribution in [0.1, 0.15) is 17.3 Å². The molecule has 0 spiro atoms. The highest BCUT2D eigenvalue weighted by atomic mass is 16.6. The van der Waals surface area contributed by atoms with Crippen LogP contribution in [0, 0.1) is 10.1 Å². The van der Waals surface area contributed by atoms with E-state index in [1.807, 2.05) is 6.92 Å². The number of carbonyl (C=O) groups excluding carboxylic acids is 1. The maximum atomic E-state index is 12.0. The molecule has 0 N–H and O–H groups in total. The van der Waals surface area contributed by atoms with Gasteiger partial charge in [0.05, 0.1) is 17.6 Å². The normalized spacial score (nSPS) is 9.82.